The standard InChI is InChI=1S/C16H20FNO3/c1-16(2,15(20)21-3)9-18-14(19)13-8-12(13)10-4-6-11(17)7-5-10/h4-7,12-13H,8-9H2,1-3H3,(H,18,19)/t12-,13-/m1/s1. The molecular formula is C16H20FNO3. The predicted octanol–water partition coefficient (Wildman–Crippen LogP) is 2.24. The summed E-state index contributed by atoms with van der Waals surface area (Å²) in [5.41, 5.74) is 0.230. The Kier molecular flexibility index (Phi) is 4.30. The fourth-order valence-corrected chi connectivity index (χ4v) is 2.35. The molecule has 0 unspecified atom stereocenters. The predicted molar refractivity (Wildman–Crippen MR) is 76.1 cm³/mol. The minimum atomic E-state index is -0.745. The minimum Gasteiger partial charge on any atom is -0.469 e. The summed E-state index contributed by atoms with van der Waals surface area (Å²) in [6.45, 7) is 3.69. The van der Waals surface area contributed by atoms with Gasteiger partial charge < -0.3 is 10.1 Å². The molecule has 1 fully saturated rings. The van der Waals surface area contributed by atoms with Gasteiger partial charge in [0.25, 0.3) is 0 Å². The summed E-state index contributed by atoms with van der Waals surface area (Å²) in [5, 5.41) is 2.80. The van der Waals surface area contributed by atoms with Crippen molar-refractivity contribution in [3.8, 4) is 0 Å². The van der Waals surface area contributed by atoms with Gasteiger partial charge in [0.05, 0.1) is 12.5 Å². The van der Waals surface area contributed by atoms with Gasteiger partial charge in [-0.25, -0.2) is 4.39 Å². The van der Waals surface area contributed by atoms with Crippen LogP contribution in [0.3, 0.4) is 0 Å². The van der Waals surface area contributed by atoms with Crippen LogP contribution in [0.15, 0.2) is 24.3 Å². The van der Waals surface area contributed by atoms with Gasteiger partial charge in [0.15, 0.2) is 0 Å². The Morgan fingerprint density at radius 2 is 1.95 bits per heavy atom. The molecule has 0 bridgehead atoms. The van der Waals surface area contributed by atoms with Gasteiger partial charge in [-0.2, -0.15) is 0 Å². The minimum absolute atomic E-state index is 0.0682. The van der Waals surface area contributed by atoms with E-state index in [9.17, 15) is 14.0 Å². The van der Waals surface area contributed by atoms with E-state index in [4.69, 9.17) is 4.74 Å². The summed E-state index contributed by atoms with van der Waals surface area (Å²) in [5.74, 6) is -0.647. The number of esters is 1. The zero-order valence-electron chi connectivity index (χ0n) is 12.5. The normalized spacial score (nSPS) is 20.8. The molecule has 5 heteroatoms. The van der Waals surface area contributed by atoms with E-state index in [1.54, 1.807) is 26.0 Å². The van der Waals surface area contributed by atoms with Crippen LogP contribution in [0.25, 0.3) is 0 Å². The van der Waals surface area contributed by atoms with Crippen molar-refractivity contribution in [2.75, 3.05) is 13.7 Å². The number of rotatable bonds is 5. The van der Waals surface area contributed by atoms with Crippen molar-refractivity contribution in [3.63, 3.8) is 0 Å². The number of benzene rings is 1. The fourth-order valence-electron chi connectivity index (χ4n) is 2.35. The van der Waals surface area contributed by atoms with Crippen LogP contribution in [0, 0.1) is 17.2 Å². The molecule has 0 aliphatic heterocycles. The van der Waals surface area contributed by atoms with E-state index < -0.39 is 5.41 Å². The largest absolute Gasteiger partial charge is 0.469 e. The first-order chi connectivity index (χ1) is 9.85. The lowest BCUT2D eigenvalue weighted by atomic mass is 9.93. The first-order valence-electron chi connectivity index (χ1n) is 6.97. The molecule has 0 radical (unpaired) electrons. The van der Waals surface area contributed by atoms with E-state index >= 15 is 0 Å². The Hall–Kier alpha value is -1.91. The van der Waals surface area contributed by atoms with E-state index in [2.05, 4.69) is 5.32 Å². The molecule has 0 spiro atoms. The maximum absolute atomic E-state index is 12.9. The van der Waals surface area contributed by atoms with Crippen molar-refractivity contribution in [2.24, 2.45) is 11.3 Å². The van der Waals surface area contributed by atoms with E-state index in [0.717, 1.165) is 12.0 Å². The van der Waals surface area contributed by atoms with E-state index in [1.807, 2.05) is 0 Å². The highest BCUT2D eigenvalue weighted by Crippen LogP contribution is 2.47. The fraction of sp³-hybridized carbons (Fsp3) is 0.500. The van der Waals surface area contributed by atoms with E-state index in [-0.39, 0.29) is 36.1 Å². The van der Waals surface area contributed by atoms with Crippen molar-refractivity contribution in [2.45, 2.75) is 26.2 Å². The summed E-state index contributed by atoms with van der Waals surface area (Å²) in [4.78, 5) is 23.6. The Morgan fingerprint density at radius 3 is 2.52 bits per heavy atom. The lowest BCUT2D eigenvalue weighted by Crippen LogP contribution is -2.40. The third-order valence-corrected chi connectivity index (χ3v) is 3.87. The molecule has 1 aromatic rings. The van der Waals surface area contributed by atoms with Crippen LogP contribution >= 0.6 is 0 Å². The summed E-state index contributed by atoms with van der Waals surface area (Å²) in [7, 11) is 1.33. The topological polar surface area (TPSA) is 55.4 Å². The molecule has 1 aromatic carbocycles. The molecule has 0 aromatic heterocycles. The lowest BCUT2D eigenvalue weighted by molar-refractivity contribution is -0.150. The van der Waals surface area contributed by atoms with Crippen molar-refractivity contribution in [3.05, 3.63) is 35.6 Å². The number of carbonyl (C=O) groups excluding carboxylic acids is 2. The van der Waals surface area contributed by atoms with Crippen LogP contribution in [0.1, 0.15) is 31.7 Å². The summed E-state index contributed by atoms with van der Waals surface area (Å²) < 4.78 is 17.6. The van der Waals surface area contributed by atoms with Crippen LogP contribution < -0.4 is 5.32 Å². The lowest BCUT2D eigenvalue weighted by Gasteiger charge is -2.21. The third-order valence-electron chi connectivity index (χ3n) is 3.87. The third kappa shape index (κ3) is 3.60. The maximum Gasteiger partial charge on any atom is 0.313 e. The van der Waals surface area contributed by atoms with Crippen LogP contribution in [0.2, 0.25) is 0 Å². The molecular weight excluding hydrogens is 273 g/mol. The molecule has 1 amide bonds. The molecule has 0 heterocycles. The molecule has 2 rings (SSSR count). The molecule has 21 heavy (non-hydrogen) atoms. The Labute approximate surface area is 123 Å². The van der Waals surface area contributed by atoms with Gasteiger partial charge in [0.2, 0.25) is 5.91 Å². The molecule has 0 saturated heterocycles. The Morgan fingerprint density at radius 1 is 1.33 bits per heavy atom. The highest BCUT2D eigenvalue weighted by molar-refractivity contribution is 5.84. The average Bonchev–Trinajstić information content (AvgIpc) is 3.25. The van der Waals surface area contributed by atoms with Gasteiger partial charge in [-0.05, 0) is 43.9 Å². The zero-order valence-corrected chi connectivity index (χ0v) is 12.5. The molecule has 114 valence electrons. The monoisotopic (exact) mass is 293 g/mol. The quantitative estimate of drug-likeness (QED) is 0.847. The highest BCUT2D eigenvalue weighted by Gasteiger charge is 2.44. The van der Waals surface area contributed by atoms with Crippen molar-refractivity contribution in [1.82, 2.24) is 5.32 Å². The molecule has 1 aliphatic carbocycles. The summed E-state index contributed by atoms with van der Waals surface area (Å²) in [6.07, 6.45) is 0.760. The molecule has 1 N–H and O–H groups in total. The molecule has 2 atom stereocenters. The van der Waals surface area contributed by atoms with Crippen LogP contribution in [-0.4, -0.2) is 25.5 Å². The van der Waals surface area contributed by atoms with E-state index in [1.165, 1.54) is 19.2 Å². The Bertz CT molecular complexity index is 539. The van der Waals surface area contributed by atoms with Gasteiger partial charge in [-0.3, -0.25) is 9.59 Å². The van der Waals surface area contributed by atoms with Crippen LogP contribution in [0.5, 0.6) is 0 Å². The second-order valence-corrected chi connectivity index (χ2v) is 6.09. The molecule has 4 nitrogen and oxygen atoms in total. The van der Waals surface area contributed by atoms with Gasteiger partial charge in [0.1, 0.15) is 5.82 Å². The van der Waals surface area contributed by atoms with Crippen molar-refractivity contribution in [1.29, 1.82) is 0 Å². The molecule has 1 saturated carbocycles. The second-order valence-electron chi connectivity index (χ2n) is 6.09. The van der Waals surface area contributed by atoms with Gasteiger partial charge in [0, 0.05) is 12.5 Å². The van der Waals surface area contributed by atoms with Crippen molar-refractivity contribution < 1.29 is 18.7 Å². The summed E-state index contributed by atoms with van der Waals surface area (Å²) in [6, 6.07) is 6.24. The Balaban J connectivity index is 1.86. The SMILES string of the molecule is COC(=O)C(C)(C)CNC(=O)[C@@H]1C[C@@H]1c1ccc(F)cc1. The number of hydrogen-bond donors (Lipinski definition) is 1. The average molecular weight is 293 g/mol. The first kappa shape index (κ1) is 15.5. The maximum atomic E-state index is 12.9. The number of hydrogen-bond acceptors (Lipinski definition) is 3. The number of carbonyl (C=O) groups is 2. The second kappa shape index (κ2) is 5.84. The number of amides is 1. The smallest absolute Gasteiger partial charge is 0.313 e. The van der Waals surface area contributed by atoms with Gasteiger partial charge >= 0.3 is 5.97 Å². The van der Waals surface area contributed by atoms with E-state index in [0.29, 0.717) is 0 Å². The number of halogens is 1. The first-order valence-corrected chi connectivity index (χ1v) is 6.97. The van der Waals surface area contributed by atoms with Gasteiger partial charge in [-0.1, -0.05) is 12.1 Å². The summed E-state index contributed by atoms with van der Waals surface area (Å²) >= 11 is 0. The van der Waals surface area contributed by atoms with Crippen LogP contribution in [0.4, 0.5) is 4.39 Å². The van der Waals surface area contributed by atoms with Crippen LogP contribution in [-0.2, 0) is 14.3 Å². The number of ether oxygens (including phenoxy) is 1. The van der Waals surface area contributed by atoms with Gasteiger partial charge in [-0.15, -0.1) is 0 Å². The zero-order chi connectivity index (χ0) is 15.6. The molecule has 1 aliphatic rings. The number of methoxy groups -OCH3 is 1. The number of nitrogens with one attached hydrogen (secondary N) is 1. The highest BCUT2D eigenvalue weighted by atomic mass is 19.1. The van der Waals surface area contributed by atoms with Crippen molar-refractivity contribution >= 4 is 11.9 Å².